The highest BCUT2D eigenvalue weighted by Crippen LogP contribution is 2.10. The summed E-state index contributed by atoms with van der Waals surface area (Å²) in [6.45, 7) is 0.897. The van der Waals surface area contributed by atoms with E-state index in [-0.39, 0.29) is 5.75 Å². The van der Waals surface area contributed by atoms with E-state index in [1.165, 1.54) is 32.1 Å². The lowest BCUT2D eigenvalue weighted by Gasteiger charge is -2.02. The van der Waals surface area contributed by atoms with Crippen LogP contribution in [0.3, 0.4) is 0 Å². The fourth-order valence-electron chi connectivity index (χ4n) is 1.93. The van der Waals surface area contributed by atoms with Gasteiger partial charge in [0, 0.05) is 6.54 Å². The largest absolute Gasteiger partial charge is 0.286 e. The van der Waals surface area contributed by atoms with E-state index < -0.39 is 10.1 Å². The van der Waals surface area contributed by atoms with Crippen LogP contribution in [0.1, 0.15) is 64.2 Å². The summed E-state index contributed by atoms with van der Waals surface area (Å²) in [5.74, 6) is 5.08. The van der Waals surface area contributed by atoms with Gasteiger partial charge in [-0.2, -0.15) is 8.42 Å². The number of hydrazine groups is 1. The van der Waals surface area contributed by atoms with Crippen molar-refractivity contribution in [2.75, 3.05) is 12.3 Å². The maximum atomic E-state index is 10.5. The summed E-state index contributed by atoms with van der Waals surface area (Å²) in [5, 5.41) is 0. The zero-order valence-electron chi connectivity index (χ0n) is 11.2. The first kappa shape index (κ1) is 17.8. The quantitative estimate of drug-likeness (QED) is 0.208. The van der Waals surface area contributed by atoms with Gasteiger partial charge in [-0.3, -0.25) is 15.8 Å². The summed E-state index contributed by atoms with van der Waals surface area (Å²) in [5.41, 5.74) is 2.65. The molecular formula is C12H28N2O3S. The molecule has 0 bridgehead atoms. The van der Waals surface area contributed by atoms with Gasteiger partial charge in [0.2, 0.25) is 0 Å². The molecule has 0 unspecified atom stereocenters. The molecule has 0 aliphatic heterocycles. The Balaban J connectivity index is 3.03. The maximum Gasteiger partial charge on any atom is 0.264 e. The minimum atomic E-state index is -3.75. The molecule has 0 aromatic carbocycles. The van der Waals surface area contributed by atoms with Crippen molar-refractivity contribution in [2.24, 2.45) is 5.84 Å². The summed E-state index contributed by atoms with van der Waals surface area (Å²) in [6, 6.07) is 0. The van der Waals surface area contributed by atoms with E-state index in [2.05, 4.69) is 5.43 Å². The summed E-state index contributed by atoms with van der Waals surface area (Å²) in [7, 11) is -3.75. The van der Waals surface area contributed by atoms with Crippen molar-refractivity contribution in [1.82, 2.24) is 5.43 Å². The van der Waals surface area contributed by atoms with Crippen LogP contribution < -0.4 is 11.3 Å². The molecule has 18 heavy (non-hydrogen) atoms. The molecule has 0 fully saturated rings. The fraction of sp³-hybridized carbons (Fsp3) is 1.00. The molecular weight excluding hydrogens is 252 g/mol. The molecule has 0 aromatic heterocycles. The zero-order valence-corrected chi connectivity index (χ0v) is 12.1. The van der Waals surface area contributed by atoms with Gasteiger partial charge in [-0.1, -0.05) is 51.4 Å². The summed E-state index contributed by atoms with van der Waals surface area (Å²) in [4.78, 5) is 0. The lowest BCUT2D eigenvalue weighted by molar-refractivity contribution is 0.478. The first-order chi connectivity index (χ1) is 8.56. The third kappa shape index (κ3) is 15.8. The Hall–Kier alpha value is -0.170. The number of hydrogen-bond donors (Lipinski definition) is 3. The molecule has 0 aliphatic rings. The van der Waals surface area contributed by atoms with E-state index in [9.17, 15) is 8.42 Å². The molecule has 0 aromatic rings. The van der Waals surface area contributed by atoms with Gasteiger partial charge in [-0.25, -0.2) is 0 Å². The van der Waals surface area contributed by atoms with Gasteiger partial charge < -0.3 is 0 Å². The topological polar surface area (TPSA) is 92.4 Å². The number of hydrogen-bond acceptors (Lipinski definition) is 4. The van der Waals surface area contributed by atoms with Crippen molar-refractivity contribution >= 4 is 10.1 Å². The predicted molar refractivity (Wildman–Crippen MR) is 74.8 cm³/mol. The molecule has 0 radical (unpaired) electrons. The van der Waals surface area contributed by atoms with Crippen LogP contribution in [0.4, 0.5) is 0 Å². The van der Waals surface area contributed by atoms with Crippen LogP contribution in [-0.4, -0.2) is 25.3 Å². The molecule has 0 amide bonds. The van der Waals surface area contributed by atoms with Gasteiger partial charge in [0.15, 0.2) is 0 Å². The minimum Gasteiger partial charge on any atom is -0.286 e. The average molecular weight is 280 g/mol. The Morgan fingerprint density at radius 1 is 0.778 bits per heavy atom. The van der Waals surface area contributed by atoms with Gasteiger partial charge in [-0.05, 0) is 12.8 Å². The zero-order chi connectivity index (χ0) is 13.7. The third-order valence-corrected chi connectivity index (χ3v) is 3.78. The van der Waals surface area contributed by atoms with Crippen molar-refractivity contribution in [1.29, 1.82) is 0 Å². The normalized spacial score (nSPS) is 11.9. The highest BCUT2D eigenvalue weighted by atomic mass is 32.2. The van der Waals surface area contributed by atoms with Gasteiger partial charge in [-0.15, -0.1) is 0 Å². The molecule has 4 N–H and O–H groups in total. The van der Waals surface area contributed by atoms with Crippen LogP contribution in [-0.2, 0) is 10.1 Å². The van der Waals surface area contributed by atoms with Crippen molar-refractivity contribution < 1.29 is 13.0 Å². The second-order valence-corrected chi connectivity index (χ2v) is 6.35. The predicted octanol–water partition coefficient (Wildman–Crippen LogP) is 2.24. The molecule has 0 saturated carbocycles. The SMILES string of the molecule is NNCCCCCCCCCCCCS(=O)(=O)O. The molecule has 0 atom stereocenters. The molecule has 0 aliphatic carbocycles. The van der Waals surface area contributed by atoms with Crippen molar-refractivity contribution in [2.45, 2.75) is 64.2 Å². The van der Waals surface area contributed by atoms with Crippen molar-refractivity contribution in [3.63, 3.8) is 0 Å². The van der Waals surface area contributed by atoms with Crippen molar-refractivity contribution in [3.05, 3.63) is 0 Å². The second-order valence-electron chi connectivity index (χ2n) is 4.78. The van der Waals surface area contributed by atoms with E-state index in [1.54, 1.807) is 0 Å². The Morgan fingerprint density at radius 3 is 1.56 bits per heavy atom. The number of nitrogens with two attached hydrogens (primary N) is 1. The highest BCUT2D eigenvalue weighted by Gasteiger charge is 2.02. The standard InChI is InChI=1S/C12H28N2O3S/c13-14-11-9-7-5-3-1-2-4-6-8-10-12-18(15,16)17/h14H,1-13H2,(H,15,16,17). The molecule has 110 valence electrons. The fourth-order valence-corrected chi connectivity index (χ4v) is 2.49. The highest BCUT2D eigenvalue weighted by molar-refractivity contribution is 7.85. The molecule has 0 rings (SSSR count). The lowest BCUT2D eigenvalue weighted by atomic mass is 10.1. The first-order valence-electron chi connectivity index (χ1n) is 6.95. The number of rotatable bonds is 13. The Kier molecular flexibility index (Phi) is 11.8. The van der Waals surface area contributed by atoms with Gasteiger partial charge in [0.05, 0.1) is 5.75 Å². The van der Waals surface area contributed by atoms with E-state index in [1.807, 2.05) is 0 Å². The number of unbranched alkanes of at least 4 members (excludes halogenated alkanes) is 9. The smallest absolute Gasteiger partial charge is 0.264 e. The average Bonchev–Trinajstić information content (AvgIpc) is 2.29. The third-order valence-electron chi connectivity index (χ3n) is 2.97. The van der Waals surface area contributed by atoms with Gasteiger partial charge in [0.1, 0.15) is 0 Å². The molecule has 0 heterocycles. The monoisotopic (exact) mass is 280 g/mol. The van der Waals surface area contributed by atoms with E-state index in [4.69, 9.17) is 10.4 Å². The molecule has 6 heteroatoms. The molecule has 0 saturated heterocycles. The van der Waals surface area contributed by atoms with Crippen LogP contribution in [0, 0.1) is 0 Å². The molecule has 0 spiro atoms. The van der Waals surface area contributed by atoms with Crippen LogP contribution in [0.15, 0.2) is 0 Å². The Labute approximate surface area is 111 Å². The minimum absolute atomic E-state index is 0.0951. The first-order valence-corrected chi connectivity index (χ1v) is 8.56. The Morgan fingerprint density at radius 2 is 1.17 bits per heavy atom. The number of nitrogens with one attached hydrogen (secondary N) is 1. The van der Waals surface area contributed by atoms with E-state index in [0.29, 0.717) is 6.42 Å². The van der Waals surface area contributed by atoms with Crippen molar-refractivity contribution in [3.8, 4) is 0 Å². The van der Waals surface area contributed by atoms with E-state index >= 15 is 0 Å². The van der Waals surface area contributed by atoms with E-state index in [0.717, 1.165) is 32.2 Å². The maximum absolute atomic E-state index is 10.5. The molecule has 5 nitrogen and oxygen atoms in total. The van der Waals surface area contributed by atoms with Crippen LogP contribution in [0.5, 0.6) is 0 Å². The van der Waals surface area contributed by atoms with Crippen LogP contribution in [0.2, 0.25) is 0 Å². The lowest BCUT2D eigenvalue weighted by Crippen LogP contribution is -2.22. The Bertz CT molecular complexity index is 268. The van der Waals surface area contributed by atoms with Gasteiger partial charge in [0.25, 0.3) is 10.1 Å². The summed E-state index contributed by atoms with van der Waals surface area (Å²) >= 11 is 0. The summed E-state index contributed by atoms with van der Waals surface area (Å²) in [6.07, 6.45) is 11.1. The summed E-state index contributed by atoms with van der Waals surface area (Å²) < 4.78 is 29.5. The second kappa shape index (κ2) is 11.9. The van der Waals surface area contributed by atoms with Crippen LogP contribution >= 0.6 is 0 Å². The van der Waals surface area contributed by atoms with Gasteiger partial charge >= 0.3 is 0 Å². The van der Waals surface area contributed by atoms with Crippen LogP contribution in [0.25, 0.3) is 0 Å².